The summed E-state index contributed by atoms with van der Waals surface area (Å²) >= 11 is 7.36. The zero-order chi connectivity index (χ0) is 9.26. The lowest BCUT2D eigenvalue weighted by Crippen LogP contribution is -1.88. The van der Waals surface area contributed by atoms with Gasteiger partial charge in [0, 0.05) is 10.8 Å². The maximum Gasteiger partial charge on any atom is 0.129 e. The molecule has 1 saturated heterocycles. The lowest BCUT2D eigenvalue weighted by molar-refractivity contribution is 0.426. The summed E-state index contributed by atoms with van der Waals surface area (Å²) in [6, 6.07) is 5.05. The van der Waals surface area contributed by atoms with E-state index in [0.29, 0.717) is 11.1 Å². The first-order valence-electron chi connectivity index (χ1n) is 3.98. The molecule has 1 aliphatic rings. The Bertz CT molecular complexity index is 312. The summed E-state index contributed by atoms with van der Waals surface area (Å²) in [4.78, 5) is 0.822. The molecule has 0 amide bonds. The van der Waals surface area contributed by atoms with E-state index in [1.165, 1.54) is 0 Å². The number of hydrogen-bond donors (Lipinski definition) is 1. The van der Waals surface area contributed by atoms with Gasteiger partial charge in [0.1, 0.15) is 5.75 Å². The van der Waals surface area contributed by atoms with Crippen LogP contribution in [0.25, 0.3) is 0 Å². The fourth-order valence-electron chi connectivity index (χ4n) is 0.951. The van der Waals surface area contributed by atoms with E-state index in [1.54, 1.807) is 30.0 Å². The van der Waals surface area contributed by atoms with Gasteiger partial charge in [-0.1, -0.05) is 11.6 Å². The van der Waals surface area contributed by atoms with E-state index in [1.807, 2.05) is 0 Å². The van der Waals surface area contributed by atoms with Gasteiger partial charge in [0.15, 0.2) is 0 Å². The SMILES string of the molecule is Oc1ccc(Cl)cc1SCC1CO1. The molecule has 1 fully saturated rings. The van der Waals surface area contributed by atoms with Gasteiger partial charge in [-0.3, -0.25) is 0 Å². The number of epoxide rings is 1. The molecule has 0 aromatic heterocycles. The van der Waals surface area contributed by atoms with E-state index in [-0.39, 0.29) is 5.75 Å². The van der Waals surface area contributed by atoms with Gasteiger partial charge in [0.05, 0.1) is 17.6 Å². The Morgan fingerprint density at radius 2 is 2.38 bits per heavy atom. The summed E-state index contributed by atoms with van der Waals surface area (Å²) in [5.41, 5.74) is 0. The highest BCUT2D eigenvalue weighted by atomic mass is 35.5. The summed E-state index contributed by atoms with van der Waals surface area (Å²) in [6.07, 6.45) is 0.364. The van der Waals surface area contributed by atoms with E-state index in [0.717, 1.165) is 17.3 Å². The van der Waals surface area contributed by atoms with Crippen LogP contribution in [0.5, 0.6) is 5.75 Å². The zero-order valence-electron chi connectivity index (χ0n) is 6.87. The van der Waals surface area contributed by atoms with Gasteiger partial charge in [-0.05, 0) is 18.2 Å². The first-order chi connectivity index (χ1) is 6.25. The normalized spacial score (nSPS) is 20.2. The molecule has 0 radical (unpaired) electrons. The van der Waals surface area contributed by atoms with Crippen LogP contribution in [0.15, 0.2) is 23.1 Å². The Hall–Kier alpha value is -0.380. The van der Waals surface area contributed by atoms with Gasteiger partial charge in [0.25, 0.3) is 0 Å². The Labute approximate surface area is 85.9 Å². The van der Waals surface area contributed by atoms with Gasteiger partial charge < -0.3 is 9.84 Å². The third-order valence-corrected chi connectivity index (χ3v) is 3.16. The van der Waals surface area contributed by atoms with E-state index in [4.69, 9.17) is 16.3 Å². The number of thioether (sulfide) groups is 1. The fraction of sp³-hybridized carbons (Fsp3) is 0.333. The lowest BCUT2D eigenvalue weighted by atomic mass is 10.3. The Morgan fingerprint density at radius 3 is 3.08 bits per heavy atom. The summed E-state index contributed by atoms with van der Waals surface area (Å²) in [5, 5.41) is 10.1. The van der Waals surface area contributed by atoms with Crippen molar-refractivity contribution in [3.63, 3.8) is 0 Å². The molecule has 1 N–H and O–H groups in total. The molecule has 0 aliphatic carbocycles. The number of rotatable bonds is 3. The van der Waals surface area contributed by atoms with Crippen molar-refractivity contribution in [3.05, 3.63) is 23.2 Å². The maximum absolute atomic E-state index is 9.45. The van der Waals surface area contributed by atoms with Crippen LogP contribution >= 0.6 is 23.4 Å². The minimum absolute atomic E-state index is 0.287. The quantitative estimate of drug-likeness (QED) is 0.623. The third-order valence-electron chi connectivity index (χ3n) is 1.75. The topological polar surface area (TPSA) is 32.8 Å². The molecule has 2 rings (SSSR count). The molecular formula is C9H9ClO2S. The maximum atomic E-state index is 9.45. The van der Waals surface area contributed by atoms with Crippen LogP contribution in [0.2, 0.25) is 5.02 Å². The number of benzene rings is 1. The predicted octanol–water partition coefficient (Wildman–Crippen LogP) is 2.54. The van der Waals surface area contributed by atoms with E-state index in [2.05, 4.69) is 0 Å². The standard InChI is InChI=1S/C9H9ClO2S/c10-6-1-2-8(11)9(3-6)13-5-7-4-12-7/h1-3,7,11H,4-5H2. The first kappa shape index (κ1) is 9.19. The second-order valence-electron chi connectivity index (χ2n) is 2.88. The van der Waals surface area contributed by atoms with Crippen molar-refractivity contribution >= 4 is 23.4 Å². The van der Waals surface area contributed by atoms with Crippen LogP contribution in [-0.2, 0) is 4.74 Å². The first-order valence-corrected chi connectivity index (χ1v) is 5.35. The van der Waals surface area contributed by atoms with Gasteiger partial charge in [-0.15, -0.1) is 11.8 Å². The molecule has 1 atom stereocenters. The molecule has 1 aromatic rings. The average molecular weight is 217 g/mol. The highest BCUT2D eigenvalue weighted by Crippen LogP contribution is 2.32. The van der Waals surface area contributed by atoms with Gasteiger partial charge in [-0.2, -0.15) is 0 Å². The molecule has 0 saturated carbocycles. The number of halogens is 1. The van der Waals surface area contributed by atoms with Crippen LogP contribution in [0.1, 0.15) is 0 Å². The fourth-order valence-corrected chi connectivity index (χ4v) is 2.17. The zero-order valence-corrected chi connectivity index (χ0v) is 8.44. The Morgan fingerprint density at radius 1 is 1.62 bits per heavy atom. The minimum Gasteiger partial charge on any atom is -0.507 e. The lowest BCUT2D eigenvalue weighted by Gasteiger charge is -2.02. The van der Waals surface area contributed by atoms with Crippen LogP contribution in [0.3, 0.4) is 0 Å². The van der Waals surface area contributed by atoms with Gasteiger partial charge in [0.2, 0.25) is 0 Å². The second-order valence-corrected chi connectivity index (χ2v) is 4.38. The number of ether oxygens (including phenoxy) is 1. The minimum atomic E-state index is 0.287. The number of phenols is 1. The molecule has 1 aromatic carbocycles. The molecule has 1 unspecified atom stereocenters. The molecular weight excluding hydrogens is 208 g/mol. The van der Waals surface area contributed by atoms with Crippen molar-refractivity contribution < 1.29 is 9.84 Å². The van der Waals surface area contributed by atoms with Crippen molar-refractivity contribution in [2.75, 3.05) is 12.4 Å². The van der Waals surface area contributed by atoms with Crippen molar-refractivity contribution in [2.45, 2.75) is 11.0 Å². The van der Waals surface area contributed by atoms with Gasteiger partial charge >= 0.3 is 0 Å². The second kappa shape index (κ2) is 3.78. The molecule has 0 spiro atoms. The van der Waals surface area contributed by atoms with E-state index >= 15 is 0 Å². The van der Waals surface area contributed by atoms with Crippen molar-refractivity contribution in [1.82, 2.24) is 0 Å². The smallest absolute Gasteiger partial charge is 0.129 e. The average Bonchev–Trinajstić information content (AvgIpc) is 2.90. The van der Waals surface area contributed by atoms with Crippen molar-refractivity contribution in [2.24, 2.45) is 0 Å². The highest BCUT2D eigenvalue weighted by molar-refractivity contribution is 7.99. The predicted molar refractivity (Wildman–Crippen MR) is 53.6 cm³/mol. The number of hydrogen-bond acceptors (Lipinski definition) is 3. The number of aromatic hydroxyl groups is 1. The van der Waals surface area contributed by atoms with Crippen LogP contribution in [-0.4, -0.2) is 23.6 Å². The summed E-state index contributed by atoms with van der Waals surface area (Å²) in [6.45, 7) is 0.842. The van der Waals surface area contributed by atoms with Crippen LogP contribution < -0.4 is 0 Å². The van der Waals surface area contributed by atoms with Crippen molar-refractivity contribution in [3.8, 4) is 5.75 Å². The largest absolute Gasteiger partial charge is 0.507 e. The molecule has 4 heteroatoms. The summed E-state index contributed by atoms with van der Waals surface area (Å²) in [5.74, 6) is 1.17. The van der Waals surface area contributed by atoms with Gasteiger partial charge in [-0.25, -0.2) is 0 Å². The summed E-state index contributed by atoms with van der Waals surface area (Å²) < 4.78 is 5.06. The van der Waals surface area contributed by atoms with Crippen molar-refractivity contribution in [1.29, 1.82) is 0 Å². The Kier molecular flexibility index (Phi) is 2.67. The molecule has 1 heterocycles. The van der Waals surface area contributed by atoms with E-state index in [9.17, 15) is 5.11 Å². The highest BCUT2D eigenvalue weighted by Gasteiger charge is 2.22. The summed E-state index contributed by atoms with van der Waals surface area (Å²) in [7, 11) is 0. The molecule has 13 heavy (non-hydrogen) atoms. The molecule has 70 valence electrons. The van der Waals surface area contributed by atoms with Crippen LogP contribution in [0, 0.1) is 0 Å². The molecule has 1 aliphatic heterocycles. The third kappa shape index (κ3) is 2.53. The molecule has 0 bridgehead atoms. The number of phenolic OH excluding ortho intramolecular Hbond substituents is 1. The monoisotopic (exact) mass is 216 g/mol. The Balaban J connectivity index is 2.03. The van der Waals surface area contributed by atoms with Crippen LogP contribution in [0.4, 0.5) is 0 Å². The molecule has 2 nitrogen and oxygen atoms in total. The van der Waals surface area contributed by atoms with E-state index < -0.39 is 0 Å².